The van der Waals surface area contributed by atoms with E-state index in [1.54, 1.807) is 19.1 Å². The van der Waals surface area contributed by atoms with Crippen LogP contribution in [0.25, 0.3) is 0 Å². The molecule has 106 valence electrons. The quantitative estimate of drug-likeness (QED) is 0.799. The molecule has 0 fully saturated rings. The van der Waals surface area contributed by atoms with Crippen molar-refractivity contribution in [2.45, 2.75) is 31.3 Å². The van der Waals surface area contributed by atoms with Gasteiger partial charge in [-0.3, -0.25) is 4.79 Å². The Hall–Kier alpha value is -1.24. The van der Waals surface area contributed by atoms with Crippen molar-refractivity contribution in [1.82, 2.24) is 4.31 Å². The normalized spacial score (nSPS) is 13.5. The number of hydrogen-bond donors (Lipinski definition) is 1. The predicted octanol–water partition coefficient (Wildman–Crippen LogP) is 1.28. The van der Waals surface area contributed by atoms with Gasteiger partial charge in [-0.15, -0.1) is 0 Å². The van der Waals surface area contributed by atoms with Gasteiger partial charge in [-0.25, -0.2) is 8.42 Å². The SMILES string of the molecule is CCC(=O)c1cccc(S(=O)(=O)N(C)CC(C)O)c1. The van der Waals surface area contributed by atoms with Gasteiger partial charge in [-0.1, -0.05) is 19.1 Å². The highest BCUT2D eigenvalue weighted by atomic mass is 32.2. The van der Waals surface area contributed by atoms with Gasteiger partial charge in [0.2, 0.25) is 10.0 Å². The summed E-state index contributed by atoms with van der Waals surface area (Å²) in [4.78, 5) is 11.7. The Balaban J connectivity index is 3.11. The van der Waals surface area contributed by atoms with Crippen molar-refractivity contribution in [3.8, 4) is 0 Å². The van der Waals surface area contributed by atoms with Crippen molar-refractivity contribution in [3.05, 3.63) is 29.8 Å². The minimum atomic E-state index is -3.68. The third-order valence-electron chi connectivity index (χ3n) is 2.71. The Morgan fingerprint density at radius 2 is 2.05 bits per heavy atom. The van der Waals surface area contributed by atoms with Gasteiger partial charge < -0.3 is 5.11 Å². The first-order valence-corrected chi connectivity index (χ1v) is 7.50. The monoisotopic (exact) mass is 285 g/mol. The van der Waals surface area contributed by atoms with Gasteiger partial charge in [0.25, 0.3) is 0 Å². The number of ketones is 1. The number of nitrogens with zero attached hydrogens (tertiary/aromatic N) is 1. The Morgan fingerprint density at radius 1 is 1.42 bits per heavy atom. The zero-order valence-corrected chi connectivity index (χ0v) is 12.1. The topological polar surface area (TPSA) is 74.7 Å². The summed E-state index contributed by atoms with van der Waals surface area (Å²) in [6, 6.07) is 5.96. The predicted molar refractivity (Wildman–Crippen MR) is 72.6 cm³/mol. The lowest BCUT2D eigenvalue weighted by Gasteiger charge is -2.18. The van der Waals surface area contributed by atoms with Gasteiger partial charge in [0.15, 0.2) is 5.78 Å². The first-order valence-electron chi connectivity index (χ1n) is 6.06. The van der Waals surface area contributed by atoms with Gasteiger partial charge >= 0.3 is 0 Å². The van der Waals surface area contributed by atoms with Gasteiger partial charge in [0, 0.05) is 25.6 Å². The number of hydrogen-bond acceptors (Lipinski definition) is 4. The smallest absolute Gasteiger partial charge is 0.242 e. The summed E-state index contributed by atoms with van der Waals surface area (Å²) in [5, 5.41) is 9.25. The van der Waals surface area contributed by atoms with Crippen molar-refractivity contribution in [2.75, 3.05) is 13.6 Å². The van der Waals surface area contributed by atoms with Crippen molar-refractivity contribution in [2.24, 2.45) is 0 Å². The maximum absolute atomic E-state index is 12.2. The molecule has 1 unspecified atom stereocenters. The lowest BCUT2D eigenvalue weighted by Crippen LogP contribution is -2.33. The summed E-state index contributed by atoms with van der Waals surface area (Å²) < 4.78 is 25.5. The summed E-state index contributed by atoms with van der Waals surface area (Å²) in [6.45, 7) is 3.25. The molecule has 1 aromatic rings. The Morgan fingerprint density at radius 3 is 2.58 bits per heavy atom. The zero-order valence-electron chi connectivity index (χ0n) is 11.3. The lowest BCUT2D eigenvalue weighted by molar-refractivity contribution is 0.0988. The second-order valence-electron chi connectivity index (χ2n) is 4.44. The Bertz CT molecular complexity index is 552. The van der Waals surface area contributed by atoms with Crippen LogP contribution < -0.4 is 0 Å². The van der Waals surface area contributed by atoms with Crippen molar-refractivity contribution >= 4 is 15.8 Å². The Labute approximate surface area is 113 Å². The molecule has 1 atom stereocenters. The third kappa shape index (κ3) is 3.86. The van der Waals surface area contributed by atoms with Crippen LogP contribution in [0.2, 0.25) is 0 Å². The molecule has 0 aliphatic rings. The van der Waals surface area contributed by atoms with Crippen molar-refractivity contribution in [1.29, 1.82) is 0 Å². The number of sulfonamides is 1. The maximum Gasteiger partial charge on any atom is 0.242 e. The van der Waals surface area contributed by atoms with E-state index in [4.69, 9.17) is 0 Å². The molecule has 0 saturated carbocycles. The average Bonchev–Trinajstić information content (AvgIpc) is 2.37. The molecule has 0 aromatic heterocycles. The molecule has 1 N–H and O–H groups in total. The average molecular weight is 285 g/mol. The molecule has 0 amide bonds. The van der Waals surface area contributed by atoms with Crippen LogP contribution in [0, 0.1) is 0 Å². The van der Waals surface area contributed by atoms with E-state index in [2.05, 4.69) is 0 Å². The molecule has 6 heteroatoms. The highest BCUT2D eigenvalue weighted by Gasteiger charge is 2.22. The number of aliphatic hydroxyl groups is 1. The van der Waals surface area contributed by atoms with E-state index in [9.17, 15) is 18.3 Å². The molecule has 0 aliphatic heterocycles. The van der Waals surface area contributed by atoms with Crippen LogP contribution in [0.3, 0.4) is 0 Å². The van der Waals surface area contributed by atoms with Crippen LogP contribution in [-0.4, -0.2) is 43.3 Å². The molecular weight excluding hydrogens is 266 g/mol. The van der Waals surface area contributed by atoms with Crippen LogP contribution in [-0.2, 0) is 10.0 Å². The molecule has 0 saturated heterocycles. The van der Waals surface area contributed by atoms with Crippen LogP contribution in [0.4, 0.5) is 0 Å². The number of carbonyl (C=O) groups is 1. The van der Waals surface area contributed by atoms with Crippen LogP contribution in [0.5, 0.6) is 0 Å². The molecule has 1 aromatic carbocycles. The van der Waals surface area contributed by atoms with E-state index in [1.807, 2.05) is 0 Å². The molecule has 0 radical (unpaired) electrons. The highest BCUT2D eigenvalue weighted by molar-refractivity contribution is 7.89. The molecule has 5 nitrogen and oxygen atoms in total. The minimum absolute atomic E-state index is 0.00822. The van der Waals surface area contributed by atoms with Gasteiger partial charge in [-0.2, -0.15) is 4.31 Å². The molecule has 0 bridgehead atoms. The number of likely N-dealkylation sites (N-methyl/N-ethyl adjacent to an activating group) is 1. The van der Waals surface area contributed by atoms with E-state index >= 15 is 0 Å². The standard InChI is InChI=1S/C13H19NO4S/c1-4-13(16)11-6-5-7-12(8-11)19(17,18)14(3)9-10(2)15/h5-8,10,15H,4,9H2,1-3H3. The molecular formula is C13H19NO4S. The van der Waals surface area contributed by atoms with E-state index in [0.717, 1.165) is 4.31 Å². The molecule has 0 aliphatic carbocycles. The second kappa shape index (κ2) is 6.27. The van der Waals surface area contributed by atoms with Crippen molar-refractivity contribution in [3.63, 3.8) is 0 Å². The minimum Gasteiger partial charge on any atom is -0.392 e. The summed E-state index contributed by atoms with van der Waals surface area (Å²) in [6.07, 6.45) is -0.423. The van der Waals surface area contributed by atoms with Gasteiger partial charge in [-0.05, 0) is 19.1 Å². The van der Waals surface area contributed by atoms with E-state index in [-0.39, 0.29) is 17.2 Å². The summed E-state index contributed by atoms with van der Waals surface area (Å²) in [5.74, 6) is -0.102. The summed E-state index contributed by atoms with van der Waals surface area (Å²) in [7, 11) is -2.28. The number of Topliss-reactive ketones (excluding diaryl/α,β-unsaturated/α-hetero) is 1. The second-order valence-corrected chi connectivity index (χ2v) is 6.48. The van der Waals surface area contributed by atoms with Crippen molar-refractivity contribution < 1.29 is 18.3 Å². The van der Waals surface area contributed by atoms with Gasteiger partial charge in [0.1, 0.15) is 0 Å². The van der Waals surface area contributed by atoms with E-state index < -0.39 is 16.1 Å². The lowest BCUT2D eigenvalue weighted by atomic mass is 10.1. The van der Waals surface area contributed by atoms with Crippen LogP contribution >= 0.6 is 0 Å². The fourth-order valence-corrected chi connectivity index (χ4v) is 2.98. The van der Waals surface area contributed by atoms with E-state index in [0.29, 0.717) is 12.0 Å². The largest absolute Gasteiger partial charge is 0.392 e. The molecule has 1 rings (SSSR count). The number of aliphatic hydroxyl groups excluding tert-OH is 1. The summed E-state index contributed by atoms with van der Waals surface area (Å²) in [5.41, 5.74) is 0.383. The third-order valence-corrected chi connectivity index (χ3v) is 4.53. The fourth-order valence-electron chi connectivity index (χ4n) is 1.68. The van der Waals surface area contributed by atoms with Crippen LogP contribution in [0.1, 0.15) is 30.6 Å². The summed E-state index contributed by atoms with van der Waals surface area (Å²) >= 11 is 0. The maximum atomic E-state index is 12.2. The highest BCUT2D eigenvalue weighted by Crippen LogP contribution is 2.17. The Kier molecular flexibility index (Phi) is 5.22. The number of carbonyl (C=O) groups excluding carboxylic acids is 1. The first kappa shape index (κ1) is 15.8. The first-order chi connectivity index (χ1) is 8.78. The van der Waals surface area contributed by atoms with Crippen LogP contribution in [0.15, 0.2) is 29.2 Å². The molecule has 0 spiro atoms. The number of benzene rings is 1. The fraction of sp³-hybridized carbons (Fsp3) is 0.462. The number of rotatable bonds is 6. The van der Waals surface area contributed by atoms with Gasteiger partial charge in [0.05, 0.1) is 11.0 Å². The zero-order chi connectivity index (χ0) is 14.6. The molecule has 19 heavy (non-hydrogen) atoms. The van der Waals surface area contributed by atoms with E-state index in [1.165, 1.54) is 26.1 Å². The molecule has 0 heterocycles.